The second-order valence-corrected chi connectivity index (χ2v) is 13.4. The predicted octanol–water partition coefficient (Wildman–Crippen LogP) is 1.47. The van der Waals surface area contributed by atoms with Crippen molar-refractivity contribution in [3.63, 3.8) is 0 Å². The Balaban J connectivity index is 2.14. The molecule has 14 heteroatoms. The van der Waals surface area contributed by atoms with Gasteiger partial charge in [-0.05, 0) is 38.2 Å². The number of aliphatic hydroxyl groups is 6. The lowest BCUT2D eigenvalue weighted by Gasteiger charge is -2.30. The lowest BCUT2D eigenvalue weighted by Crippen LogP contribution is -2.52. The van der Waals surface area contributed by atoms with E-state index in [1.807, 2.05) is 0 Å². The van der Waals surface area contributed by atoms with Crippen LogP contribution >= 0.6 is 0 Å². The first kappa shape index (κ1) is 45.9. The number of hydrogen-bond donors (Lipinski definition) is 9. The number of unbranched alkanes of at least 4 members (excludes halogenated alkanes) is 12. The fraction of sp³-hybridized carbons (Fsp3) is 0.861. The number of hydrogen-bond acceptors (Lipinski definition) is 11. The molecule has 292 valence electrons. The Hall–Kier alpha value is -2.17. The average Bonchev–Trinajstić information content (AvgIpc) is 3.21. The molecule has 0 aliphatic carbocycles. The summed E-state index contributed by atoms with van der Waals surface area (Å²) in [5.41, 5.74) is 0. The van der Waals surface area contributed by atoms with Gasteiger partial charge in [0, 0.05) is 32.4 Å². The minimum absolute atomic E-state index is 0.111. The summed E-state index contributed by atoms with van der Waals surface area (Å²) in [6.07, 6.45) is 6.88. The van der Waals surface area contributed by atoms with E-state index in [2.05, 4.69) is 22.5 Å². The van der Waals surface area contributed by atoms with Crippen molar-refractivity contribution in [3.05, 3.63) is 12.7 Å². The summed E-state index contributed by atoms with van der Waals surface area (Å²) in [6, 6.07) is -1.00. The highest BCUT2D eigenvalue weighted by molar-refractivity contribution is 5.86. The maximum atomic E-state index is 12.7. The Morgan fingerprint density at radius 1 is 0.800 bits per heavy atom. The molecule has 1 rings (SSSR count). The van der Waals surface area contributed by atoms with Crippen LogP contribution in [0.25, 0.3) is 0 Å². The first-order valence-corrected chi connectivity index (χ1v) is 18.8. The van der Waals surface area contributed by atoms with Gasteiger partial charge in [0.25, 0.3) is 0 Å². The molecule has 14 nitrogen and oxygen atoms in total. The zero-order chi connectivity index (χ0) is 37.1. The molecule has 0 saturated carbocycles. The molecule has 8 atom stereocenters. The normalized spacial score (nSPS) is 22.6. The Bertz CT molecular complexity index is 928. The summed E-state index contributed by atoms with van der Waals surface area (Å²) >= 11 is 0. The van der Waals surface area contributed by atoms with Crippen LogP contribution in [0.2, 0.25) is 0 Å². The standard InChI is InChI=1S/C36H67N3O11/c1-3-27(41)34(47)26(25-49-36-29(43)23-28(42)35(48)30(24-40)50-36)39-33(46)20-16-11-8-6-5-7-9-13-18-22-38-32(45)19-15-12-10-14-17-21-37-31(44)4-2/h4,26-30,34-36,40-43,47-48H,2-3,5-25H2,1H3,(H,37,44)(H,38,45)(H,39,46)/t26-,27+,28?,29?,30?,34-,35+,36-/m0/s1. The van der Waals surface area contributed by atoms with Gasteiger partial charge in [-0.2, -0.15) is 0 Å². The van der Waals surface area contributed by atoms with Crippen LogP contribution < -0.4 is 16.0 Å². The zero-order valence-electron chi connectivity index (χ0n) is 30.2. The average molecular weight is 718 g/mol. The molecule has 50 heavy (non-hydrogen) atoms. The largest absolute Gasteiger partial charge is 0.394 e. The third kappa shape index (κ3) is 20.6. The Labute approximate surface area is 298 Å². The van der Waals surface area contributed by atoms with Gasteiger partial charge in [-0.3, -0.25) is 14.4 Å². The quantitative estimate of drug-likeness (QED) is 0.0398. The van der Waals surface area contributed by atoms with Crippen LogP contribution in [0.15, 0.2) is 12.7 Å². The maximum absolute atomic E-state index is 12.7. The Morgan fingerprint density at radius 2 is 1.32 bits per heavy atom. The van der Waals surface area contributed by atoms with Crippen molar-refractivity contribution >= 4 is 17.7 Å². The van der Waals surface area contributed by atoms with Crippen molar-refractivity contribution in [3.8, 4) is 0 Å². The van der Waals surface area contributed by atoms with Gasteiger partial charge in [0.15, 0.2) is 6.29 Å². The molecule has 1 heterocycles. The lowest BCUT2D eigenvalue weighted by molar-refractivity contribution is -0.230. The SMILES string of the molecule is C=CC(=O)NCCCCCCCC(=O)NCCCCCCCCCCCC(=O)N[C@@H](CO[C@H]1OC(CO)[C@H](O)C(O)CC1O)[C@H](O)[C@H](O)CC. The van der Waals surface area contributed by atoms with E-state index in [1.54, 1.807) is 6.92 Å². The number of amides is 3. The van der Waals surface area contributed by atoms with E-state index in [4.69, 9.17) is 9.47 Å². The number of ether oxygens (including phenoxy) is 2. The van der Waals surface area contributed by atoms with Crippen molar-refractivity contribution in [1.82, 2.24) is 16.0 Å². The second-order valence-electron chi connectivity index (χ2n) is 13.4. The van der Waals surface area contributed by atoms with Gasteiger partial charge in [-0.1, -0.05) is 77.7 Å². The second kappa shape index (κ2) is 28.4. The molecule has 1 aliphatic heterocycles. The fourth-order valence-corrected chi connectivity index (χ4v) is 5.79. The molecule has 3 amide bonds. The van der Waals surface area contributed by atoms with E-state index in [9.17, 15) is 45.0 Å². The molecule has 1 saturated heterocycles. The molecule has 1 aliphatic rings. The number of aliphatic hydroxyl groups excluding tert-OH is 6. The Kier molecular flexibility index (Phi) is 26.1. The van der Waals surface area contributed by atoms with Gasteiger partial charge in [0.2, 0.25) is 17.7 Å². The van der Waals surface area contributed by atoms with Crippen LogP contribution in [0, 0.1) is 0 Å². The molecule has 0 aromatic heterocycles. The lowest BCUT2D eigenvalue weighted by atomic mass is 10.0. The molecule has 0 spiro atoms. The van der Waals surface area contributed by atoms with E-state index >= 15 is 0 Å². The van der Waals surface area contributed by atoms with Crippen molar-refractivity contribution in [1.29, 1.82) is 0 Å². The van der Waals surface area contributed by atoms with Crippen molar-refractivity contribution in [2.75, 3.05) is 26.3 Å². The summed E-state index contributed by atoms with van der Waals surface area (Å²) in [6.45, 7) is 5.54. The van der Waals surface area contributed by atoms with Gasteiger partial charge >= 0.3 is 0 Å². The molecular formula is C36H67N3O11. The monoisotopic (exact) mass is 717 g/mol. The van der Waals surface area contributed by atoms with Crippen LogP contribution in [0.1, 0.15) is 122 Å². The van der Waals surface area contributed by atoms with E-state index in [-0.39, 0.29) is 43.6 Å². The fourth-order valence-electron chi connectivity index (χ4n) is 5.79. The van der Waals surface area contributed by atoms with Gasteiger partial charge in [-0.15, -0.1) is 0 Å². The van der Waals surface area contributed by atoms with Crippen LogP contribution in [0.4, 0.5) is 0 Å². The van der Waals surface area contributed by atoms with Crippen molar-refractivity contribution in [2.45, 2.75) is 171 Å². The highest BCUT2D eigenvalue weighted by atomic mass is 16.7. The molecule has 0 aromatic rings. The first-order valence-electron chi connectivity index (χ1n) is 18.8. The van der Waals surface area contributed by atoms with E-state index < -0.39 is 55.6 Å². The molecule has 1 fully saturated rings. The zero-order valence-corrected chi connectivity index (χ0v) is 30.2. The van der Waals surface area contributed by atoms with Gasteiger partial charge in [0.1, 0.15) is 24.4 Å². The third-order valence-corrected chi connectivity index (χ3v) is 9.04. The number of rotatable bonds is 29. The molecule has 3 unspecified atom stereocenters. The Morgan fingerprint density at radius 3 is 1.86 bits per heavy atom. The molecule has 0 bridgehead atoms. The number of carbonyl (C=O) groups is 3. The topological polar surface area (TPSA) is 227 Å². The summed E-state index contributed by atoms with van der Waals surface area (Å²) in [7, 11) is 0. The molecular weight excluding hydrogens is 650 g/mol. The minimum atomic E-state index is -1.42. The number of nitrogens with one attached hydrogen (secondary N) is 3. The predicted molar refractivity (Wildman–Crippen MR) is 189 cm³/mol. The third-order valence-electron chi connectivity index (χ3n) is 9.04. The summed E-state index contributed by atoms with van der Waals surface area (Å²) in [5.74, 6) is -0.340. The van der Waals surface area contributed by atoms with E-state index in [1.165, 1.54) is 6.08 Å². The van der Waals surface area contributed by atoms with E-state index in [0.717, 1.165) is 83.5 Å². The van der Waals surface area contributed by atoms with Gasteiger partial charge in [0.05, 0.1) is 31.5 Å². The maximum Gasteiger partial charge on any atom is 0.243 e. The molecule has 0 radical (unpaired) electrons. The minimum Gasteiger partial charge on any atom is -0.394 e. The highest BCUT2D eigenvalue weighted by Crippen LogP contribution is 2.22. The highest BCUT2D eigenvalue weighted by Gasteiger charge is 2.39. The molecule has 0 aromatic carbocycles. The van der Waals surface area contributed by atoms with Crippen molar-refractivity contribution in [2.24, 2.45) is 0 Å². The van der Waals surface area contributed by atoms with Crippen LogP contribution in [0.3, 0.4) is 0 Å². The summed E-state index contributed by atoms with van der Waals surface area (Å²) < 4.78 is 11.1. The summed E-state index contributed by atoms with van der Waals surface area (Å²) in [5, 5.41) is 69.2. The molecule has 9 N–H and O–H groups in total. The van der Waals surface area contributed by atoms with Crippen LogP contribution in [0.5, 0.6) is 0 Å². The van der Waals surface area contributed by atoms with Crippen LogP contribution in [-0.2, 0) is 23.9 Å². The van der Waals surface area contributed by atoms with Crippen molar-refractivity contribution < 1.29 is 54.5 Å². The van der Waals surface area contributed by atoms with Gasteiger partial charge < -0.3 is 56.1 Å². The first-order chi connectivity index (χ1) is 24.0. The summed E-state index contributed by atoms with van der Waals surface area (Å²) in [4.78, 5) is 35.8. The van der Waals surface area contributed by atoms with E-state index in [0.29, 0.717) is 25.9 Å². The van der Waals surface area contributed by atoms with Gasteiger partial charge in [-0.25, -0.2) is 0 Å². The smallest absolute Gasteiger partial charge is 0.243 e. The van der Waals surface area contributed by atoms with Crippen LogP contribution in [-0.4, -0.2) is 124 Å². The number of carbonyl (C=O) groups excluding carboxylic acids is 3.